The maximum Gasteiger partial charge on any atom is 0.362 e. The summed E-state index contributed by atoms with van der Waals surface area (Å²) in [5.41, 5.74) is 2.22. The number of ether oxygens (including phenoxy) is 1. The maximum atomic E-state index is 13.5. The van der Waals surface area contributed by atoms with E-state index in [4.69, 9.17) is 25.4 Å². The third-order valence-corrected chi connectivity index (χ3v) is 13.1. The van der Waals surface area contributed by atoms with Crippen molar-refractivity contribution in [3.63, 3.8) is 0 Å². The van der Waals surface area contributed by atoms with E-state index in [9.17, 15) is 28.5 Å². The molecule has 0 radical (unpaired) electrons. The summed E-state index contributed by atoms with van der Waals surface area (Å²) in [6.07, 6.45) is 1.52. The van der Waals surface area contributed by atoms with Crippen LogP contribution in [0.3, 0.4) is 0 Å². The number of piperazine rings is 1. The highest BCUT2D eigenvalue weighted by Crippen LogP contribution is 2.47. The van der Waals surface area contributed by atoms with Crippen molar-refractivity contribution in [3.05, 3.63) is 83.0 Å². The van der Waals surface area contributed by atoms with Crippen molar-refractivity contribution in [3.8, 4) is 5.75 Å². The van der Waals surface area contributed by atoms with Gasteiger partial charge in [0.2, 0.25) is 23.7 Å². The van der Waals surface area contributed by atoms with Crippen LogP contribution in [0.5, 0.6) is 5.75 Å². The normalized spacial score (nSPS) is 17.0. The number of thioether (sulfide) groups is 1. The SMILES string of the molecule is COc1cc(N2CCN(C(=O)CSc3cccc4c3C(=O)N(C3CCC(=O)NC3=O)C4=O)CC2)ccc1Nc1ncc(Cl)c(Nc2ccccc2P(=O)(OC)OC)n1. The van der Waals surface area contributed by atoms with E-state index in [1.165, 1.54) is 38.2 Å². The van der Waals surface area contributed by atoms with Gasteiger partial charge in [-0.15, -0.1) is 11.8 Å². The summed E-state index contributed by atoms with van der Waals surface area (Å²) in [5, 5.41) is 9.00. The van der Waals surface area contributed by atoms with E-state index < -0.39 is 37.3 Å². The Morgan fingerprint density at radius 3 is 2.43 bits per heavy atom. The summed E-state index contributed by atoms with van der Waals surface area (Å²) in [6, 6.07) is 16.2. The number of halogens is 1. The molecule has 3 aromatic carbocycles. The van der Waals surface area contributed by atoms with Crippen molar-refractivity contribution in [1.82, 2.24) is 25.1 Å². The van der Waals surface area contributed by atoms with Crippen molar-refractivity contribution < 1.29 is 42.3 Å². The summed E-state index contributed by atoms with van der Waals surface area (Å²) in [5.74, 6) is -1.43. The van der Waals surface area contributed by atoms with Gasteiger partial charge in [0.1, 0.15) is 16.8 Å². The van der Waals surface area contributed by atoms with Crippen LogP contribution in [-0.2, 0) is 28.0 Å². The number of hydrogen-bond donors (Lipinski definition) is 3. The number of fused-ring (bicyclic) bond motifs is 1. The molecule has 2 saturated heterocycles. The van der Waals surface area contributed by atoms with Gasteiger partial charge in [-0.25, -0.2) is 4.98 Å². The number of nitrogens with one attached hydrogen (secondary N) is 3. The van der Waals surface area contributed by atoms with Gasteiger partial charge in [0.15, 0.2) is 5.82 Å². The lowest BCUT2D eigenvalue weighted by Gasteiger charge is -2.36. The summed E-state index contributed by atoms with van der Waals surface area (Å²) < 4.78 is 29.3. The van der Waals surface area contributed by atoms with Crippen LogP contribution in [0.25, 0.3) is 0 Å². The molecule has 0 saturated carbocycles. The van der Waals surface area contributed by atoms with Crippen LogP contribution in [0.15, 0.2) is 71.8 Å². The second-order valence-corrected chi connectivity index (χ2v) is 16.8. The zero-order chi connectivity index (χ0) is 41.1. The lowest BCUT2D eigenvalue weighted by molar-refractivity contribution is -0.136. The van der Waals surface area contributed by atoms with Gasteiger partial charge in [-0.2, -0.15) is 4.98 Å². The fourth-order valence-corrected chi connectivity index (χ4v) is 9.23. The second kappa shape index (κ2) is 17.1. The molecule has 58 heavy (non-hydrogen) atoms. The van der Waals surface area contributed by atoms with Crippen LogP contribution >= 0.6 is 31.0 Å². The van der Waals surface area contributed by atoms with E-state index in [-0.39, 0.29) is 52.4 Å². The number of piperidine rings is 1. The van der Waals surface area contributed by atoms with E-state index in [1.54, 1.807) is 48.4 Å². The van der Waals surface area contributed by atoms with Crippen molar-refractivity contribution in [2.45, 2.75) is 23.8 Å². The molecule has 4 aromatic rings. The van der Waals surface area contributed by atoms with Gasteiger partial charge in [0.05, 0.1) is 46.9 Å². The minimum absolute atomic E-state index is 0.0266. The van der Waals surface area contributed by atoms with Crippen molar-refractivity contribution in [2.75, 3.05) is 68.8 Å². The van der Waals surface area contributed by atoms with Crippen LogP contribution in [-0.4, -0.2) is 109 Å². The highest BCUT2D eigenvalue weighted by molar-refractivity contribution is 8.00. The summed E-state index contributed by atoms with van der Waals surface area (Å²) in [7, 11) is 0.560. The largest absolute Gasteiger partial charge is 0.494 e. The molecule has 5 amide bonds. The number of para-hydroxylation sites is 1. The number of rotatable bonds is 13. The molecule has 0 bridgehead atoms. The standard InChI is InChI=1S/C38H38ClN8O9PS/c1-54-28-19-22(11-12-25(28)42-38-40-20-24(39)34(44-38)41-26-8-4-5-9-29(26)57(53,55-2)56-3)45-15-17-46(18-16-45)32(49)21-58-30-10-6-7-23-33(30)37(52)47(36(23)51)27-13-14-31(48)43-35(27)50/h4-12,19-20,27H,13-18,21H2,1-3H3,(H,43,48,50)(H2,40,41,42,44). The number of aromatic nitrogens is 2. The Morgan fingerprint density at radius 1 is 0.948 bits per heavy atom. The molecule has 1 unspecified atom stereocenters. The third kappa shape index (κ3) is 8.11. The molecule has 17 nitrogen and oxygen atoms in total. The Morgan fingerprint density at radius 2 is 1.71 bits per heavy atom. The van der Waals surface area contributed by atoms with Gasteiger partial charge in [-0.1, -0.05) is 29.8 Å². The van der Waals surface area contributed by atoms with Crippen molar-refractivity contribution in [1.29, 1.82) is 0 Å². The van der Waals surface area contributed by atoms with E-state index in [2.05, 4.69) is 30.8 Å². The minimum Gasteiger partial charge on any atom is -0.494 e. The van der Waals surface area contributed by atoms with Gasteiger partial charge >= 0.3 is 7.60 Å². The fraction of sp³-hybridized carbons (Fsp3) is 0.289. The van der Waals surface area contributed by atoms with E-state index in [0.717, 1.165) is 10.6 Å². The first-order valence-electron chi connectivity index (χ1n) is 18.0. The first kappa shape index (κ1) is 40.7. The van der Waals surface area contributed by atoms with Crippen molar-refractivity contribution >= 4 is 94.6 Å². The molecule has 1 aromatic heterocycles. The molecule has 3 N–H and O–H groups in total. The number of hydrogen-bond acceptors (Lipinski definition) is 15. The first-order valence-corrected chi connectivity index (χ1v) is 20.9. The summed E-state index contributed by atoms with van der Waals surface area (Å²) in [4.78, 5) is 78.3. The molecule has 4 heterocycles. The smallest absolute Gasteiger partial charge is 0.362 e. The van der Waals surface area contributed by atoms with Gasteiger partial charge in [-0.3, -0.25) is 38.8 Å². The number of methoxy groups -OCH3 is 1. The predicted octanol–water partition coefficient (Wildman–Crippen LogP) is 4.58. The lowest BCUT2D eigenvalue weighted by atomic mass is 10.0. The van der Waals surface area contributed by atoms with Gasteiger partial charge in [0.25, 0.3) is 11.8 Å². The van der Waals surface area contributed by atoms with Crippen LogP contribution < -0.4 is 30.9 Å². The Bertz CT molecular complexity index is 2350. The number of nitrogens with zero attached hydrogens (tertiary/aromatic N) is 5. The molecule has 1 atom stereocenters. The molecule has 3 aliphatic heterocycles. The Labute approximate surface area is 342 Å². The quantitative estimate of drug-likeness (QED) is 0.0959. The maximum absolute atomic E-state index is 13.5. The lowest BCUT2D eigenvalue weighted by Crippen LogP contribution is -2.54. The topological polar surface area (TPSA) is 202 Å². The zero-order valence-electron chi connectivity index (χ0n) is 31.5. The highest BCUT2D eigenvalue weighted by atomic mass is 35.5. The van der Waals surface area contributed by atoms with Crippen LogP contribution in [0.1, 0.15) is 33.6 Å². The monoisotopic (exact) mass is 848 g/mol. The number of carbonyl (C=O) groups is 5. The summed E-state index contributed by atoms with van der Waals surface area (Å²) in [6.45, 7) is 2.02. The molecule has 2 fully saturated rings. The second-order valence-electron chi connectivity index (χ2n) is 13.2. The highest BCUT2D eigenvalue weighted by Gasteiger charge is 2.45. The fourth-order valence-electron chi connectivity index (χ4n) is 6.88. The van der Waals surface area contributed by atoms with E-state index in [1.807, 2.05) is 18.2 Å². The van der Waals surface area contributed by atoms with Crippen LogP contribution in [0.4, 0.5) is 28.8 Å². The number of carbonyl (C=O) groups excluding carboxylic acids is 5. The Kier molecular flexibility index (Phi) is 12.0. The zero-order valence-corrected chi connectivity index (χ0v) is 34.0. The Hall–Kier alpha value is -5.52. The van der Waals surface area contributed by atoms with Gasteiger partial charge in [0, 0.05) is 63.5 Å². The van der Waals surface area contributed by atoms with Crippen LogP contribution in [0.2, 0.25) is 5.02 Å². The molecule has 7 rings (SSSR count). The molecule has 0 spiro atoms. The molecular weight excluding hydrogens is 811 g/mol. The number of amides is 5. The molecular formula is C38H38ClN8O9PS. The van der Waals surface area contributed by atoms with E-state index >= 15 is 0 Å². The number of benzene rings is 3. The summed E-state index contributed by atoms with van der Waals surface area (Å²) >= 11 is 7.61. The molecule has 20 heteroatoms. The van der Waals surface area contributed by atoms with Gasteiger partial charge < -0.3 is 34.2 Å². The minimum atomic E-state index is -3.60. The third-order valence-electron chi connectivity index (χ3n) is 9.89. The van der Waals surface area contributed by atoms with Crippen molar-refractivity contribution in [2.24, 2.45) is 0 Å². The number of imide groups is 2. The first-order chi connectivity index (χ1) is 27.9. The molecule has 3 aliphatic rings. The Balaban J connectivity index is 0.963. The predicted molar refractivity (Wildman–Crippen MR) is 217 cm³/mol. The molecule has 0 aliphatic carbocycles. The van der Waals surface area contributed by atoms with E-state index in [0.29, 0.717) is 53.5 Å². The number of anilines is 5. The average molecular weight is 849 g/mol. The molecule has 302 valence electrons. The van der Waals surface area contributed by atoms with Gasteiger partial charge in [-0.05, 0) is 42.8 Å². The van der Waals surface area contributed by atoms with Crippen LogP contribution in [0, 0.1) is 0 Å². The average Bonchev–Trinajstić information content (AvgIpc) is 3.50.